The summed E-state index contributed by atoms with van der Waals surface area (Å²) < 4.78 is 11.0. The van der Waals surface area contributed by atoms with Crippen molar-refractivity contribution >= 4 is 11.6 Å². The van der Waals surface area contributed by atoms with E-state index in [0.717, 1.165) is 0 Å². The highest BCUT2D eigenvalue weighted by molar-refractivity contribution is 6.11. The molecule has 1 aromatic rings. The summed E-state index contributed by atoms with van der Waals surface area (Å²) in [6, 6.07) is 5.22. The second kappa shape index (κ2) is 7.25. The second-order valence-corrected chi connectivity index (χ2v) is 5.77. The molecule has 0 bridgehead atoms. The van der Waals surface area contributed by atoms with Gasteiger partial charge in [0.2, 0.25) is 0 Å². The number of rotatable bonds is 7. The monoisotopic (exact) mass is 292 g/mol. The first-order valence-electron chi connectivity index (χ1n) is 7.26. The van der Waals surface area contributed by atoms with Crippen LogP contribution in [-0.2, 0) is 4.79 Å². The van der Waals surface area contributed by atoms with E-state index in [1.807, 2.05) is 13.8 Å². The minimum absolute atomic E-state index is 0.0961. The maximum absolute atomic E-state index is 12.5. The van der Waals surface area contributed by atoms with Gasteiger partial charge in [-0.05, 0) is 26.0 Å². The first-order valence-corrected chi connectivity index (χ1v) is 7.26. The van der Waals surface area contributed by atoms with Gasteiger partial charge >= 0.3 is 0 Å². The molecule has 0 atom stereocenters. The van der Waals surface area contributed by atoms with Gasteiger partial charge in [0.25, 0.3) is 0 Å². The molecule has 4 nitrogen and oxygen atoms in total. The van der Waals surface area contributed by atoms with Crippen molar-refractivity contribution in [2.45, 2.75) is 41.0 Å². The van der Waals surface area contributed by atoms with Crippen molar-refractivity contribution in [3.63, 3.8) is 0 Å². The fourth-order valence-electron chi connectivity index (χ4n) is 1.84. The number of Topliss-reactive ketones (excluding diaryl/α,β-unsaturated/α-hetero) is 2. The highest BCUT2D eigenvalue weighted by atomic mass is 16.5. The van der Waals surface area contributed by atoms with Crippen LogP contribution < -0.4 is 9.47 Å². The highest BCUT2D eigenvalue weighted by Crippen LogP contribution is 2.31. The van der Waals surface area contributed by atoms with Crippen LogP contribution in [0.2, 0.25) is 0 Å². The van der Waals surface area contributed by atoms with Crippen LogP contribution in [0.3, 0.4) is 0 Å². The number of carbonyl (C=O) groups is 2. The molecule has 1 aromatic carbocycles. The summed E-state index contributed by atoms with van der Waals surface area (Å²) in [4.78, 5) is 24.6. The smallest absolute Gasteiger partial charge is 0.177 e. The summed E-state index contributed by atoms with van der Waals surface area (Å²) in [6.45, 7) is 10.0. The van der Waals surface area contributed by atoms with Gasteiger partial charge in [0.15, 0.2) is 5.78 Å². The molecule has 0 radical (unpaired) electrons. The lowest BCUT2D eigenvalue weighted by molar-refractivity contribution is -0.125. The molecule has 0 aromatic heterocycles. The van der Waals surface area contributed by atoms with E-state index in [0.29, 0.717) is 30.3 Å². The van der Waals surface area contributed by atoms with Crippen LogP contribution in [0.15, 0.2) is 18.2 Å². The van der Waals surface area contributed by atoms with E-state index in [4.69, 9.17) is 9.47 Å². The molecule has 0 saturated heterocycles. The van der Waals surface area contributed by atoms with Crippen LogP contribution in [0.5, 0.6) is 11.5 Å². The lowest BCUT2D eigenvalue weighted by Crippen LogP contribution is -2.23. The molecule has 0 saturated carbocycles. The zero-order valence-electron chi connectivity index (χ0n) is 13.5. The van der Waals surface area contributed by atoms with Gasteiger partial charge in [-0.25, -0.2) is 0 Å². The van der Waals surface area contributed by atoms with Crippen LogP contribution in [0.1, 0.15) is 51.4 Å². The third-order valence-electron chi connectivity index (χ3n) is 3.02. The van der Waals surface area contributed by atoms with E-state index < -0.39 is 5.41 Å². The minimum atomic E-state index is -0.540. The Morgan fingerprint density at radius 1 is 1.00 bits per heavy atom. The van der Waals surface area contributed by atoms with E-state index in [1.165, 1.54) is 0 Å². The Kier molecular flexibility index (Phi) is 5.94. The SMILES string of the molecule is CCOc1cccc(OCC)c1C(=O)CC(=O)C(C)(C)C. The van der Waals surface area contributed by atoms with Crippen molar-refractivity contribution in [3.05, 3.63) is 23.8 Å². The standard InChI is InChI=1S/C17H24O4/c1-6-20-13-9-8-10-14(21-7-2)16(13)12(18)11-15(19)17(3,4)5/h8-10H,6-7,11H2,1-5H3. The fourth-order valence-corrected chi connectivity index (χ4v) is 1.84. The number of hydrogen-bond donors (Lipinski definition) is 0. The topological polar surface area (TPSA) is 52.6 Å². The Labute approximate surface area is 126 Å². The molecule has 4 heteroatoms. The molecule has 1 rings (SSSR count). The molecular weight excluding hydrogens is 268 g/mol. The number of benzene rings is 1. The van der Waals surface area contributed by atoms with E-state index in [1.54, 1.807) is 39.0 Å². The summed E-state index contributed by atoms with van der Waals surface area (Å²) in [5.41, 5.74) is -0.180. The highest BCUT2D eigenvalue weighted by Gasteiger charge is 2.27. The Balaban J connectivity index is 3.13. The van der Waals surface area contributed by atoms with Gasteiger partial charge in [0, 0.05) is 5.41 Å². The molecule has 0 amide bonds. The zero-order valence-corrected chi connectivity index (χ0v) is 13.5. The maximum Gasteiger partial charge on any atom is 0.177 e. The quantitative estimate of drug-likeness (QED) is 0.568. The molecule has 0 unspecified atom stereocenters. The Hall–Kier alpha value is -1.84. The number of ether oxygens (including phenoxy) is 2. The van der Waals surface area contributed by atoms with Gasteiger partial charge in [-0.1, -0.05) is 26.8 Å². The maximum atomic E-state index is 12.5. The van der Waals surface area contributed by atoms with Gasteiger partial charge in [-0.2, -0.15) is 0 Å². The molecule has 0 aliphatic carbocycles. The predicted molar refractivity (Wildman–Crippen MR) is 82.2 cm³/mol. The normalized spacial score (nSPS) is 11.1. The number of hydrogen-bond acceptors (Lipinski definition) is 4. The summed E-state index contributed by atoms with van der Waals surface area (Å²) >= 11 is 0. The van der Waals surface area contributed by atoms with Crippen LogP contribution in [-0.4, -0.2) is 24.8 Å². The van der Waals surface area contributed by atoms with Gasteiger partial charge in [-0.3, -0.25) is 9.59 Å². The first-order chi connectivity index (χ1) is 9.81. The van der Waals surface area contributed by atoms with Gasteiger partial charge in [-0.15, -0.1) is 0 Å². The second-order valence-electron chi connectivity index (χ2n) is 5.77. The van der Waals surface area contributed by atoms with Crippen molar-refractivity contribution in [2.24, 2.45) is 5.41 Å². The summed E-state index contributed by atoms with van der Waals surface area (Å²) in [5.74, 6) is 0.578. The van der Waals surface area contributed by atoms with E-state index >= 15 is 0 Å². The van der Waals surface area contributed by atoms with Crippen molar-refractivity contribution in [3.8, 4) is 11.5 Å². The Bertz CT molecular complexity index is 488. The lowest BCUT2D eigenvalue weighted by atomic mass is 9.87. The van der Waals surface area contributed by atoms with Crippen LogP contribution in [0.25, 0.3) is 0 Å². The van der Waals surface area contributed by atoms with E-state index in [9.17, 15) is 9.59 Å². The largest absolute Gasteiger partial charge is 0.493 e. The summed E-state index contributed by atoms with van der Waals surface area (Å²) in [5, 5.41) is 0. The molecule has 0 N–H and O–H groups in total. The molecule has 0 spiro atoms. The van der Waals surface area contributed by atoms with E-state index in [-0.39, 0.29) is 18.0 Å². The van der Waals surface area contributed by atoms with E-state index in [2.05, 4.69) is 0 Å². The zero-order chi connectivity index (χ0) is 16.0. The van der Waals surface area contributed by atoms with Crippen molar-refractivity contribution in [1.82, 2.24) is 0 Å². The predicted octanol–water partition coefficient (Wildman–Crippen LogP) is 3.67. The Morgan fingerprint density at radius 3 is 1.86 bits per heavy atom. The third kappa shape index (κ3) is 4.59. The van der Waals surface area contributed by atoms with Crippen molar-refractivity contribution in [1.29, 1.82) is 0 Å². The summed E-state index contributed by atoms with van der Waals surface area (Å²) in [6.07, 6.45) is -0.145. The number of ketones is 2. The van der Waals surface area contributed by atoms with Gasteiger partial charge < -0.3 is 9.47 Å². The van der Waals surface area contributed by atoms with Crippen molar-refractivity contribution < 1.29 is 19.1 Å². The van der Waals surface area contributed by atoms with Crippen LogP contribution in [0.4, 0.5) is 0 Å². The van der Waals surface area contributed by atoms with Gasteiger partial charge in [0.05, 0.1) is 19.6 Å². The van der Waals surface area contributed by atoms with Gasteiger partial charge in [0.1, 0.15) is 22.8 Å². The average Bonchev–Trinajstić information content (AvgIpc) is 2.38. The molecule has 21 heavy (non-hydrogen) atoms. The average molecular weight is 292 g/mol. The first kappa shape index (κ1) is 17.2. The van der Waals surface area contributed by atoms with Crippen LogP contribution >= 0.6 is 0 Å². The third-order valence-corrected chi connectivity index (χ3v) is 3.02. The van der Waals surface area contributed by atoms with Crippen LogP contribution in [0, 0.1) is 5.41 Å². The molecule has 0 aliphatic rings. The minimum Gasteiger partial charge on any atom is -0.493 e. The Morgan fingerprint density at radius 2 is 1.48 bits per heavy atom. The molecular formula is C17H24O4. The lowest BCUT2D eigenvalue weighted by Gasteiger charge is -2.18. The molecule has 0 heterocycles. The summed E-state index contributed by atoms with van der Waals surface area (Å²) in [7, 11) is 0. The molecule has 0 aliphatic heterocycles. The molecule has 0 fully saturated rings. The fraction of sp³-hybridized carbons (Fsp3) is 0.529. The number of carbonyl (C=O) groups excluding carboxylic acids is 2. The van der Waals surface area contributed by atoms with Crippen molar-refractivity contribution in [2.75, 3.05) is 13.2 Å². The molecule has 116 valence electrons.